The van der Waals surface area contributed by atoms with E-state index in [1.165, 1.54) is 35.6 Å². The summed E-state index contributed by atoms with van der Waals surface area (Å²) >= 11 is 2.52. The molecule has 0 atom stereocenters. The van der Waals surface area contributed by atoms with Gasteiger partial charge in [0.1, 0.15) is 11.6 Å². The van der Waals surface area contributed by atoms with Crippen LogP contribution in [0.5, 0.6) is 0 Å². The Hall–Kier alpha value is -4.86. The number of hydrogen-bond donors (Lipinski definition) is 2. The highest BCUT2D eigenvalue weighted by Gasteiger charge is 2.18. The van der Waals surface area contributed by atoms with E-state index in [-0.39, 0.29) is 33.9 Å². The molecule has 3 aromatic carbocycles. The molecule has 5 aromatic rings. The first-order chi connectivity index (χ1) is 18.9. The maximum atomic E-state index is 12.7. The number of thioether (sulfide) groups is 1. The highest BCUT2D eigenvalue weighted by atomic mass is 32.2. The lowest BCUT2D eigenvalue weighted by Crippen LogP contribution is -2.14. The van der Waals surface area contributed by atoms with Gasteiger partial charge in [-0.05, 0) is 36.8 Å². The molecule has 0 fully saturated rings. The number of thiazole rings is 1. The van der Waals surface area contributed by atoms with Gasteiger partial charge in [-0.2, -0.15) is 5.26 Å². The molecule has 5 rings (SSSR count). The number of nitriles is 1. The van der Waals surface area contributed by atoms with Gasteiger partial charge in [0.05, 0.1) is 26.6 Å². The minimum absolute atomic E-state index is 0.0199. The van der Waals surface area contributed by atoms with Crippen LogP contribution >= 0.6 is 23.1 Å². The maximum Gasteiger partial charge on any atom is 0.269 e. The van der Waals surface area contributed by atoms with Gasteiger partial charge in [0.25, 0.3) is 5.69 Å². The third kappa shape index (κ3) is 6.01. The van der Waals surface area contributed by atoms with Crippen molar-refractivity contribution in [2.45, 2.75) is 12.1 Å². The molecular weight excluding hydrogens is 534 g/mol. The predicted molar refractivity (Wildman–Crippen MR) is 152 cm³/mol. The zero-order chi connectivity index (χ0) is 27.4. The molecule has 0 aliphatic carbocycles. The number of anilines is 3. The Morgan fingerprint density at radius 3 is 2.56 bits per heavy atom. The molecule has 12 heteroatoms. The van der Waals surface area contributed by atoms with Crippen molar-refractivity contribution in [1.29, 1.82) is 5.26 Å². The Bertz CT molecular complexity index is 1730. The molecule has 0 aliphatic rings. The first-order valence-electron chi connectivity index (χ1n) is 11.6. The van der Waals surface area contributed by atoms with Crippen LogP contribution in [0.1, 0.15) is 11.1 Å². The summed E-state index contributed by atoms with van der Waals surface area (Å²) in [5, 5.41) is 27.7. The molecule has 2 aromatic heterocycles. The summed E-state index contributed by atoms with van der Waals surface area (Å²) in [4.78, 5) is 36.8. The molecule has 39 heavy (non-hydrogen) atoms. The summed E-state index contributed by atoms with van der Waals surface area (Å²) < 4.78 is 0.989. The Morgan fingerprint density at radius 1 is 1.08 bits per heavy atom. The van der Waals surface area contributed by atoms with E-state index in [4.69, 9.17) is 0 Å². The maximum absolute atomic E-state index is 12.7. The van der Waals surface area contributed by atoms with E-state index in [1.54, 1.807) is 0 Å². The van der Waals surface area contributed by atoms with Crippen LogP contribution in [0.2, 0.25) is 0 Å². The lowest BCUT2D eigenvalue weighted by atomic mass is 10.1. The van der Waals surface area contributed by atoms with E-state index in [0.717, 1.165) is 27.5 Å². The number of aryl methyl sites for hydroxylation is 1. The number of amides is 1. The summed E-state index contributed by atoms with van der Waals surface area (Å²) in [7, 11) is 0. The predicted octanol–water partition coefficient (Wildman–Crippen LogP) is 6.32. The summed E-state index contributed by atoms with van der Waals surface area (Å²) in [5.74, 6) is -0.0222. The summed E-state index contributed by atoms with van der Waals surface area (Å²) in [6.45, 7) is 2.00. The molecule has 0 bridgehead atoms. The number of carbonyl (C=O) groups is 1. The highest BCUT2D eigenvalue weighted by molar-refractivity contribution is 7.99. The van der Waals surface area contributed by atoms with Crippen molar-refractivity contribution in [2.24, 2.45) is 0 Å². The average molecular weight is 554 g/mol. The van der Waals surface area contributed by atoms with Crippen LogP contribution in [0.4, 0.5) is 22.3 Å². The van der Waals surface area contributed by atoms with Gasteiger partial charge in [-0.25, -0.2) is 15.0 Å². The Balaban J connectivity index is 1.40. The quantitative estimate of drug-likeness (QED) is 0.0975. The second kappa shape index (κ2) is 11.3. The fraction of sp³-hybridized carbons (Fsp3) is 0.0741. The monoisotopic (exact) mass is 553 g/mol. The molecule has 1 amide bonds. The minimum atomic E-state index is -0.488. The minimum Gasteiger partial charge on any atom is -0.339 e. The van der Waals surface area contributed by atoms with Crippen molar-refractivity contribution >= 4 is 61.5 Å². The van der Waals surface area contributed by atoms with Gasteiger partial charge in [0.15, 0.2) is 16.1 Å². The van der Waals surface area contributed by atoms with E-state index in [1.807, 2.05) is 55.5 Å². The lowest BCUT2D eigenvalue weighted by molar-refractivity contribution is -0.384. The molecule has 0 spiro atoms. The van der Waals surface area contributed by atoms with Crippen LogP contribution in [0.25, 0.3) is 21.5 Å². The second-order valence-electron chi connectivity index (χ2n) is 8.31. The van der Waals surface area contributed by atoms with Gasteiger partial charge in [-0.1, -0.05) is 59.5 Å². The summed E-state index contributed by atoms with van der Waals surface area (Å²) in [6.07, 6.45) is 0. The normalized spacial score (nSPS) is 10.7. The van der Waals surface area contributed by atoms with Gasteiger partial charge in [0.2, 0.25) is 5.91 Å². The third-order valence-corrected chi connectivity index (χ3v) is 7.29. The number of rotatable bonds is 8. The number of fused-ring (bicyclic) bond motifs is 1. The number of non-ortho nitro benzene ring substituents is 1. The van der Waals surface area contributed by atoms with Crippen molar-refractivity contribution in [3.8, 4) is 17.3 Å². The molecule has 0 saturated carbocycles. The Labute approximate surface area is 230 Å². The van der Waals surface area contributed by atoms with E-state index >= 15 is 0 Å². The smallest absolute Gasteiger partial charge is 0.269 e. The summed E-state index contributed by atoms with van der Waals surface area (Å²) in [6, 6.07) is 23.0. The standard InChI is InChI=1S/C27H19N7O3S2/c1-16-7-12-21-22(13-16)39-27(30-21)31-23(35)15-38-26-32-24(17-5-3-2-4-6-17)20(14-28)25(33-26)29-18-8-10-19(11-9-18)34(36)37/h2-13H,15H2,1H3,(H,29,32,33)(H,30,31,35). The third-order valence-electron chi connectivity index (χ3n) is 5.51. The molecule has 0 radical (unpaired) electrons. The van der Waals surface area contributed by atoms with Gasteiger partial charge >= 0.3 is 0 Å². The number of benzene rings is 3. The number of hydrogen-bond acceptors (Lipinski definition) is 10. The number of carbonyl (C=O) groups excluding carboxylic acids is 1. The Morgan fingerprint density at radius 2 is 1.85 bits per heavy atom. The number of nitrogens with zero attached hydrogens (tertiary/aromatic N) is 5. The van der Waals surface area contributed by atoms with Gasteiger partial charge in [-0.15, -0.1) is 0 Å². The van der Waals surface area contributed by atoms with Crippen LogP contribution in [0.15, 0.2) is 78.0 Å². The van der Waals surface area contributed by atoms with Gasteiger partial charge < -0.3 is 10.6 Å². The van der Waals surface area contributed by atoms with Crippen molar-refractivity contribution in [1.82, 2.24) is 15.0 Å². The van der Waals surface area contributed by atoms with Crippen LogP contribution in [0, 0.1) is 28.4 Å². The van der Waals surface area contributed by atoms with Crippen molar-refractivity contribution in [2.75, 3.05) is 16.4 Å². The molecule has 0 aliphatic heterocycles. The molecule has 2 N–H and O–H groups in total. The van der Waals surface area contributed by atoms with Gasteiger partial charge in [-0.3, -0.25) is 14.9 Å². The number of aromatic nitrogens is 3. The topological polar surface area (TPSA) is 147 Å². The van der Waals surface area contributed by atoms with Crippen LogP contribution in [-0.2, 0) is 4.79 Å². The van der Waals surface area contributed by atoms with Crippen molar-refractivity contribution in [3.05, 3.63) is 94.0 Å². The van der Waals surface area contributed by atoms with Crippen LogP contribution < -0.4 is 10.6 Å². The lowest BCUT2D eigenvalue weighted by Gasteiger charge is -2.13. The molecular formula is C27H19N7O3S2. The molecule has 0 unspecified atom stereocenters. The van der Waals surface area contributed by atoms with Crippen LogP contribution in [-0.4, -0.2) is 31.5 Å². The van der Waals surface area contributed by atoms with E-state index in [2.05, 4.69) is 31.7 Å². The number of nitro benzene ring substituents is 1. The number of nitro groups is 1. The average Bonchev–Trinajstić information content (AvgIpc) is 3.33. The van der Waals surface area contributed by atoms with Crippen LogP contribution in [0.3, 0.4) is 0 Å². The van der Waals surface area contributed by atoms with E-state index < -0.39 is 4.92 Å². The zero-order valence-corrected chi connectivity index (χ0v) is 22.0. The van der Waals surface area contributed by atoms with Crippen molar-refractivity contribution < 1.29 is 9.72 Å². The highest BCUT2D eigenvalue weighted by Crippen LogP contribution is 2.31. The first kappa shape index (κ1) is 25.8. The van der Waals surface area contributed by atoms with E-state index in [0.29, 0.717) is 22.1 Å². The molecule has 10 nitrogen and oxygen atoms in total. The van der Waals surface area contributed by atoms with E-state index in [9.17, 15) is 20.2 Å². The molecule has 192 valence electrons. The van der Waals surface area contributed by atoms with Crippen molar-refractivity contribution in [3.63, 3.8) is 0 Å². The molecule has 2 heterocycles. The van der Waals surface area contributed by atoms with Gasteiger partial charge in [0, 0.05) is 23.4 Å². The zero-order valence-electron chi connectivity index (χ0n) is 20.4. The molecule has 0 saturated heterocycles. The SMILES string of the molecule is Cc1ccc2nc(NC(=O)CSc3nc(Nc4ccc([N+](=O)[O-])cc4)c(C#N)c(-c4ccccc4)n3)sc2c1. The first-order valence-corrected chi connectivity index (χ1v) is 13.4. The summed E-state index contributed by atoms with van der Waals surface area (Å²) in [5.41, 5.74) is 3.71. The second-order valence-corrected chi connectivity index (χ2v) is 10.3. The fourth-order valence-corrected chi connectivity index (χ4v) is 5.30. The largest absolute Gasteiger partial charge is 0.339 e. The number of nitrogens with one attached hydrogen (secondary N) is 2. The fourth-order valence-electron chi connectivity index (χ4n) is 3.68. The Kier molecular flexibility index (Phi) is 7.44.